The topological polar surface area (TPSA) is 75.1 Å². The highest BCUT2D eigenvalue weighted by Crippen LogP contribution is 2.47. The quantitative estimate of drug-likeness (QED) is 0.897. The number of aromatic carboxylic acids is 1. The molecule has 2 aromatic rings. The van der Waals surface area contributed by atoms with Crippen LogP contribution < -0.4 is 5.32 Å². The number of nitrogens with one attached hydrogen (secondary N) is 1. The van der Waals surface area contributed by atoms with Crippen LogP contribution in [0.15, 0.2) is 24.5 Å². The second kappa shape index (κ2) is 5.58. The lowest BCUT2D eigenvalue weighted by Gasteiger charge is -2.41. The molecule has 0 fully saturated rings. The van der Waals surface area contributed by atoms with Gasteiger partial charge in [0.15, 0.2) is 0 Å². The minimum Gasteiger partial charge on any atom is -0.478 e. The molecule has 0 bridgehead atoms. The summed E-state index contributed by atoms with van der Waals surface area (Å²) >= 11 is 0. The Morgan fingerprint density at radius 2 is 1.71 bits per heavy atom. The van der Waals surface area contributed by atoms with Crippen LogP contribution >= 0.6 is 0 Å². The maximum Gasteiger partial charge on any atom is 0.338 e. The standard InChI is InChI=1S/C19H21N3O2/c1-19-6-2-4-12-8-15(9-13(16(12)19)5-3-7-19)22-18-20-10-14(11-21-18)17(23)24/h8-11H,2-7H2,1H3,(H,23,24)(H,20,21,22). The highest BCUT2D eigenvalue weighted by molar-refractivity contribution is 5.86. The summed E-state index contributed by atoms with van der Waals surface area (Å²) in [6.45, 7) is 2.41. The number of carboxylic acid groups (broad SMARTS) is 1. The molecule has 1 aromatic heterocycles. The Morgan fingerprint density at radius 3 is 2.25 bits per heavy atom. The molecule has 0 saturated carbocycles. The second-order valence-electron chi connectivity index (χ2n) is 7.16. The fourth-order valence-electron chi connectivity index (χ4n) is 4.35. The lowest BCUT2D eigenvalue weighted by Crippen LogP contribution is -2.32. The monoisotopic (exact) mass is 323 g/mol. The number of carboxylic acids is 1. The smallest absolute Gasteiger partial charge is 0.338 e. The number of aryl methyl sites for hydroxylation is 2. The molecule has 5 heteroatoms. The van der Waals surface area contributed by atoms with E-state index >= 15 is 0 Å². The molecule has 124 valence electrons. The molecule has 0 spiro atoms. The van der Waals surface area contributed by atoms with Crippen molar-refractivity contribution in [3.05, 3.63) is 46.8 Å². The molecule has 0 radical (unpaired) electrons. The van der Waals surface area contributed by atoms with Gasteiger partial charge in [-0.15, -0.1) is 0 Å². The second-order valence-corrected chi connectivity index (χ2v) is 7.16. The summed E-state index contributed by atoms with van der Waals surface area (Å²) in [6, 6.07) is 4.44. The molecule has 1 heterocycles. The van der Waals surface area contributed by atoms with Crippen LogP contribution in [-0.4, -0.2) is 21.0 Å². The Balaban J connectivity index is 1.67. The van der Waals surface area contributed by atoms with Crippen LogP contribution in [0, 0.1) is 0 Å². The van der Waals surface area contributed by atoms with Crippen molar-refractivity contribution in [3.63, 3.8) is 0 Å². The Hall–Kier alpha value is -2.43. The number of carbonyl (C=O) groups is 1. The molecular weight excluding hydrogens is 302 g/mol. The van der Waals surface area contributed by atoms with Gasteiger partial charge in [-0.1, -0.05) is 6.92 Å². The van der Waals surface area contributed by atoms with Crippen LogP contribution in [0.1, 0.15) is 59.7 Å². The first-order chi connectivity index (χ1) is 11.5. The van der Waals surface area contributed by atoms with Crippen LogP contribution in [-0.2, 0) is 18.3 Å². The third kappa shape index (κ3) is 2.54. The summed E-state index contributed by atoms with van der Waals surface area (Å²) in [6.07, 6.45) is 10.00. The molecule has 0 amide bonds. The fraction of sp³-hybridized carbons (Fsp3) is 0.421. The molecule has 2 N–H and O–H groups in total. The zero-order valence-electron chi connectivity index (χ0n) is 13.8. The highest BCUT2D eigenvalue weighted by Gasteiger charge is 2.36. The van der Waals surface area contributed by atoms with Gasteiger partial charge in [-0.05, 0) is 72.8 Å². The van der Waals surface area contributed by atoms with Crippen molar-refractivity contribution in [2.24, 2.45) is 0 Å². The van der Waals surface area contributed by atoms with Crippen molar-refractivity contribution in [1.29, 1.82) is 0 Å². The minimum absolute atomic E-state index is 0.0943. The van der Waals surface area contributed by atoms with Gasteiger partial charge in [-0.2, -0.15) is 0 Å². The molecule has 0 saturated heterocycles. The van der Waals surface area contributed by atoms with Crippen molar-refractivity contribution in [3.8, 4) is 0 Å². The molecular formula is C19H21N3O2. The Bertz CT molecular complexity index is 768. The van der Waals surface area contributed by atoms with Gasteiger partial charge in [0.1, 0.15) is 0 Å². The zero-order valence-corrected chi connectivity index (χ0v) is 13.8. The third-order valence-electron chi connectivity index (χ3n) is 5.41. The number of nitrogens with zero attached hydrogens (tertiary/aromatic N) is 2. The van der Waals surface area contributed by atoms with Gasteiger partial charge in [0.25, 0.3) is 0 Å². The normalized spacial score (nSPS) is 17.9. The van der Waals surface area contributed by atoms with Gasteiger partial charge in [0, 0.05) is 18.1 Å². The van der Waals surface area contributed by atoms with E-state index < -0.39 is 5.97 Å². The van der Waals surface area contributed by atoms with Gasteiger partial charge in [-0.3, -0.25) is 0 Å². The molecule has 0 aliphatic heterocycles. The van der Waals surface area contributed by atoms with Crippen molar-refractivity contribution in [2.75, 3.05) is 5.32 Å². The molecule has 0 unspecified atom stereocenters. The van der Waals surface area contributed by atoms with E-state index in [2.05, 4.69) is 34.3 Å². The zero-order chi connectivity index (χ0) is 16.7. The predicted molar refractivity (Wildman–Crippen MR) is 91.9 cm³/mol. The van der Waals surface area contributed by atoms with Crippen LogP contribution in [0.5, 0.6) is 0 Å². The van der Waals surface area contributed by atoms with Crippen LogP contribution in [0.4, 0.5) is 11.6 Å². The Labute approximate surface area is 141 Å². The summed E-state index contributed by atoms with van der Waals surface area (Å²) in [5, 5.41) is 12.2. The summed E-state index contributed by atoms with van der Waals surface area (Å²) in [7, 11) is 0. The SMILES string of the molecule is CC12CCCc3cc(Nc4ncc(C(=O)O)cn4)cc(c31)CCC2. The molecule has 4 rings (SSSR count). The van der Waals surface area contributed by atoms with Crippen molar-refractivity contribution in [2.45, 2.75) is 50.9 Å². The largest absolute Gasteiger partial charge is 0.478 e. The van der Waals surface area contributed by atoms with Gasteiger partial charge >= 0.3 is 5.97 Å². The molecule has 1 aromatic carbocycles. The number of anilines is 2. The van der Waals surface area contributed by atoms with E-state index in [1.54, 1.807) is 5.56 Å². The van der Waals surface area contributed by atoms with E-state index in [9.17, 15) is 4.79 Å². The Morgan fingerprint density at radius 1 is 1.12 bits per heavy atom. The number of aromatic nitrogens is 2. The first kappa shape index (κ1) is 15.1. The van der Waals surface area contributed by atoms with Crippen molar-refractivity contribution >= 4 is 17.6 Å². The lowest BCUT2D eigenvalue weighted by molar-refractivity contribution is 0.0696. The van der Waals surface area contributed by atoms with E-state index in [0.29, 0.717) is 11.4 Å². The van der Waals surface area contributed by atoms with Crippen molar-refractivity contribution in [1.82, 2.24) is 9.97 Å². The van der Waals surface area contributed by atoms with Crippen molar-refractivity contribution < 1.29 is 9.90 Å². The predicted octanol–water partition coefficient (Wildman–Crippen LogP) is 3.85. The van der Waals surface area contributed by atoms with E-state index in [1.807, 2.05) is 0 Å². The molecule has 5 nitrogen and oxygen atoms in total. The van der Waals surface area contributed by atoms with Gasteiger partial charge in [-0.25, -0.2) is 14.8 Å². The average Bonchev–Trinajstić information content (AvgIpc) is 2.55. The number of hydrogen-bond acceptors (Lipinski definition) is 4. The van der Waals surface area contributed by atoms with Crippen LogP contribution in [0.2, 0.25) is 0 Å². The molecule has 24 heavy (non-hydrogen) atoms. The molecule has 0 atom stereocenters. The lowest BCUT2D eigenvalue weighted by atomic mass is 9.63. The summed E-state index contributed by atoms with van der Waals surface area (Å²) < 4.78 is 0. The van der Waals surface area contributed by atoms with E-state index in [-0.39, 0.29) is 5.56 Å². The maximum atomic E-state index is 10.9. The highest BCUT2D eigenvalue weighted by atomic mass is 16.4. The van der Waals surface area contributed by atoms with Gasteiger partial charge in [0.2, 0.25) is 5.95 Å². The molecule has 2 aliphatic carbocycles. The minimum atomic E-state index is -1.01. The molecule has 2 aliphatic rings. The third-order valence-corrected chi connectivity index (χ3v) is 5.41. The van der Waals surface area contributed by atoms with E-state index in [4.69, 9.17) is 5.11 Å². The first-order valence-corrected chi connectivity index (χ1v) is 8.54. The number of rotatable bonds is 3. The summed E-state index contributed by atoms with van der Waals surface area (Å²) in [5.41, 5.74) is 5.91. The van der Waals surface area contributed by atoms with Crippen LogP contribution in [0.3, 0.4) is 0 Å². The first-order valence-electron chi connectivity index (χ1n) is 8.54. The number of benzene rings is 1. The number of hydrogen-bond donors (Lipinski definition) is 2. The summed E-state index contributed by atoms with van der Waals surface area (Å²) in [5.74, 6) is -0.583. The van der Waals surface area contributed by atoms with Gasteiger partial charge < -0.3 is 10.4 Å². The fourth-order valence-corrected chi connectivity index (χ4v) is 4.35. The van der Waals surface area contributed by atoms with E-state index in [1.165, 1.54) is 49.2 Å². The Kier molecular flexibility index (Phi) is 3.52. The maximum absolute atomic E-state index is 10.9. The van der Waals surface area contributed by atoms with Crippen LogP contribution in [0.25, 0.3) is 0 Å². The van der Waals surface area contributed by atoms with E-state index in [0.717, 1.165) is 18.5 Å². The summed E-state index contributed by atoms with van der Waals surface area (Å²) in [4.78, 5) is 19.1. The van der Waals surface area contributed by atoms with Gasteiger partial charge in [0.05, 0.1) is 5.56 Å². The average molecular weight is 323 g/mol.